The molecule has 0 unspecified atom stereocenters. The molecule has 1 heterocycles. The van der Waals surface area contributed by atoms with Crippen molar-refractivity contribution in [3.8, 4) is 0 Å². The number of amides is 2. The van der Waals surface area contributed by atoms with Crippen molar-refractivity contribution in [2.45, 2.75) is 20.3 Å². The Balaban J connectivity index is 2.43. The number of nitrogens with zero attached hydrogens (tertiary/aromatic N) is 2. The summed E-state index contributed by atoms with van der Waals surface area (Å²) in [6, 6.07) is 0. The van der Waals surface area contributed by atoms with E-state index < -0.39 is 5.91 Å². The van der Waals surface area contributed by atoms with Crippen molar-refractivity contribution < 1.29 is 9.59 Å². The second kappa shape index (κ2) is 5.84. The maximum atomic E-state index is 11.4. The van der Waals surface area contributed by atoms with E-state index in [1.807, 2.05) is 13.8 Å². The lowest BCUT2D eigenvalue weighted by atomic mass is 10.4. The van der Waals surface area contributed by atoms with Crippen LogP contribution in [0.25, 0.3) is 0 Å². The SMILES string of the molecule is CCNC(=O)CNC(=O)c1n[nH]c(CC)n1. The smallest absolute Gasteiger partial charge is 0.291 e. The Morgan fingerprint density at radius 1 is 1.31 bits per heavy atom. The second-order valence-electron chi connectivity index (χ2n) is 3.10. The standard InChI is InChI=1S/C9H15N5O2/c1-3-6-12-8(14-13-6)9(16)11-5-7(15)10-4-2/h3-5H2,1-2H3,(H,10,15)(H,11,16)(H,12,13,14). The zero-order chi connectivity index (χ0) is 12.0. The number of rotatable bonds is 5. The minimum Gasteiger partial charge on any atom is -0.355 e. The third kappa shape index (κ3) is 3.34. The summed E-state index contributed by atoms with van der Waals surface area (Å²) < 4.78 is 0. The summed E-state index contributed by atoms with van der Waals surface area (Å²) in [6.45, 7) is 4.18. The summed E-state index contributed by atoms with van der Waals surface area (Å²) in [5.41, 5.74) is 0. The Hall–Kier alpha value is -1.92. The topological polar surface area (TPSA) is 99.8 Å². The van der Waals surface area contributed by atoms with E-state index >= 15 is 0 Å². The summed E-state index contributed by atoms with van der Waals surface area (Å²) >= 11 is 0. The van der Waals surface area contributed by atoms with Crippen LogP contribution in [0.2, 0.25) is 0 Å². The quantitative estimate of drug-likeness (QED) is 0.612. The minimum absolute atomic E-state index is 0.0566. The van der Waals surface area contributed by atoms with Crippen LogP contribution in [0.1, 0.15) is 30.3 Å². The molecule has 0 aliphatic rings. The summed E-state index contributed by atoms with van der Waals surface area (Å²) in [5, 5.41) is 11.3. The molecule has 0 saturated carbocycles. The van der Waals surface area contributed by atoms with Gasteiger partial charge in [-0.2, -0.15) is 0 Å². The predicted octanol–water partition coefficient (Wildman–Crippen LogP) is -0.767. The Morgan fingerprint density at radius 2 is 2.06 bits per heavy atom. The van der Waals surface area contributed by atoms with E-state index in [0.717, 1.165) is 0 Å². The van der Waals surface area contributed by atoms with Crippen LogP contribution in [-0.4, -0.2) is 40.1 Å². The van der Waals surface area contributed by atoms with Crippen molar-refractivity contribution in [3.05, 3.63) is 11.6 Å². The van der Waals surface area contributed by atoms with E-state index in [9.17, 15) is 9.59 Å². The molecule has 0 aromatic carbocycles. The molecule has 1 rings (SSSR count). The largest absolute Gasteiger partial charge is 0.355 e. The average molecular weight is 225 g/mol. The molecule has 16 heavy (non-hydrogen) atoms. The number of hydrogen-bond acceptors (Lipinski definition) is 4. The number of aromatic nitrogens is 3. The molecular formula is C9H15N5O2. The highest BCUT2D eigenvalue weighted by molar-refractivity contribution is 5.93. The number of carbonyl (C=O) groups excluding carboxylic acids is 2. The lowest BCUT2D eigenvalue weighted by Crippen LogP contribution is -2.37. The molecule has 0 aliphatic heterocycles. The Labute approximate surface area is 93.0 Å². The fourth-order valence-electron chi connectivity index (χ4n) is 1.05. The minimum atomic E-state index is -0.456. The average Bonchev–Trinajstić information content (AvgIpc) is 2.75. The van der Waals surface area contributed by atoms with Crippen LogP contribution in [0.4, 0.5) is 0 Å². The fourth-order valence-corrected chi connectivity index (χ4v) is 1.05. The molecule has 2 amide bonds. The van der Waals surface area contributed by atoms with Gasteiger partial charge in [0.25, 0.3) is 5.91 Å². The van der Waals surface area contributed by atoms with E-state index in [-0.39, 0.29) is 18.3 Å². The molecule has 0 fully saturated rings. The molecule has 0 bridgehead atoms. The first-order valence-corrected chi connectivity index (χ1v) is 5.13. The predicted molar refractivity (Wildman–Crippen MR) is 56.8 cm³/mol. The highest BCUT2D eigenvalue weighted by atomic mass is 16.2. The van der Waals surface area contributed by atoms with Crippen LogP contribution in [0.3, 0.4) is 0 Å². The molecule has 0 aliphatic carbocycles. The second-order valence-corrected chi connectivity index (χ2v) is 3.10. The third-order valence-electron chi connectivity index (χ3n) is 1.85. The van der Waals surface area contributed by atoms with Crippen LogP contribution in [0.15, 0.2) is 0 Å². The van der Waals surface area contributed by atoms with Crippen molar-refractivity contribution in [3.63, 3.8) is 0 Å². The lowest BCUT2D eigenvalue weighted by Gasteiger charge is -2.02. The molecular weight excluding hydrogens is 210 g/mol. The van der Waals surface area contributed by atoms with Gasteiger partial charge in [0.2, 0.25) is 11.7 Å². The van der Waals surface area contributed by atoms with Crippen molar-refractivity contribution in [2.75, 3.05) is 13.1 Å². The zero-order valence-corrected chi connectivity index (χ0v) is 9.33. The van der Waals surface area contributed by atoms with Gasteiger partial charge in [-0.15, -0.1) is 5.10 Å². The van der Waals surface area contributed by atoms with Crippen molar-refractivity contribution in [1.29, 1.82) is 0 Å². The van der Waals surface area contributed by atoms with Gasteiger partial charge in [-0.3, -0.25) is 14.7 Å². The first-order chi connectivity index (χ1) is 7.67. The van der Waals surface area contributed by atoms with Gasteiger partial charge >= 0.3 is 0 Å². The first kappa shape index (κ1) is 12.2. The van der Waals surface area contributed by atoms with E-state index in [1.165, 1.54) is 0 Å². The van der Waals surface area contributed by atoms with E-state index in [0.29, 0.717) is 18.8 Å². The van der Waals surface area contributed by atoms with E-state index in [2.05, 4.69) is 25.8 Å². The van der Waals surface area contributed by atoms with Gasteiger partial charge in [0.05, 0.1) is 6.54 Å². The van der Waals surface area contributed by atoms with E-state index in [1.54, 1.807) is 0 Å². The molecule has 0 saturated heterocycles. The molecule has 3 N–H and O–H groups in total. The molecule has 0 radical (unpaired) electrons. The zero-order valence-electron chi connectivity index (χ0n) is 9.33. The summed E-state index contributed by atoms with van der Waals surface area (Å²) in [5.74, 6) is 0.00797. The number of aromatic amines is 1. The highest BCUT2D eigenvalue weighted by Gasteiger charge is 2.12. The van der Waals surface area contributed by atoms with Gasteiger partial charge < -0.3 is 10.6 Å². The highest BCUT2D eigenvalue weighted by Crippen LogP contribution is 1.92. The summed E-state index contributed by atoms with van der Waals surface area (Å²) in [4.78, 5) is 26.5. The summed E-state index contributed by atoms with van der Waals surface area (Å²) in [6.07, 6.45) is 0.677. The van der Waals surface area contributed by atoms with Crippen molar-refractivity contribution in [2.24, 2.45) is 0 Å². The van der Waals surface area contributed by atoms with Gasteiger partial charge in [-0.1, -0.05) is 6.92 Å². The number of hydrogen-bond donors (Lipinski definition) is 3. The molecule has 7 heteroatoms. The monoisotopic (exact) mass is 225 g/mol. The van der Waals surface area contributed by atoms with Crippen LogP contribution < -0.4 is 10.6 Å². The molecule has 0 atom stereocenters. The number of aryl methyl sites for hydroxylation is 1. The molecule has 0 spiro atoms. The van der Waals surface area contributed by atoms with Gasteiger partial charge in [0.1, 0.15) is 5.82 Å². The van der Waals surface area contributed by atoms with Crippen LogP contribution in [0.5, 0.6) is 0 Å². The van der Waals surface area contributed by atoms with Gasteiger partial charge in [-0.05, 0) is 6.92 Å². The fraction of sp³-hybridized carbons (Fsp3) is 0.556. The van der Waals surface area contributed by atoms with Gasteiger partial charge in [0.15, 0.2) is 0 Å². The Kier molecular flexibility index (Phi) is 4.43. The Bertz CT molecular complexity index is 374. The molecule has 7 nitrogen and oxygen atoms in total. The number of likely N-dealkylation sites (N-methyl/N-ethyl adjacent to an activating group) is 1. The normalized spacial score (nSPS) is 9.88. The van der Waals surface area contributed by atoms with Crippen molar-refractivity contribution in [1.82, 2.24) is 25.8 Å². The molecule has 1 aromatic heterocycles. The lowest BCUT2D eigenvalue weighted by molar-refractivity contribution is -0.120. The number of nitrogens with one attached hydrogen (secondary N) is 3. The third-order valence-corrected chi connectivity index (χ3v) is 1.85. The Morgan fingerprint density at radius 3 is 2.62 bits per heavy atom. The van der Waals surface area contributed by atoms with Gasteiger partial charge in [0, 0.05) is 13.0 Å². The van der Waals surface area contributed by atoms with E-state index in [4.69, 9.17) is 0 Å². The van der Waals surface area contributed by atoms with Crippen molar-refractivity contribution >= 4 is 11.8 Å². The molecule has 1 aromatic rings. The van der Waals surface area contributed by atoms with Crippen LogP contribution in [-0.2, 0) is 11.2 Å². The summed E-state index contributed by atoms with van der Waals surface area (Å²) in [7, 11) is 0. The maximum absolute atomic E-state index is 11.4. The maximum Gasteiger partial charge on any atom is 0.291 e. The number of H-pyrrole nitrogens is 1. The number of carbonyl (C=O) groups is 2. The molecule has 88 valence electrons. The van der Waals surface area contributed by atoms with Gasteiger partial charge in [-0.25, -0.2) is 4.98 Å². The van der Waals surface area contributed by atoms with Crippen LogP contribution in [0, 0.1) is 0 Å². The first-order valence-electron chi connectivity index (χ1n) is 5.13. The van der Waals surface area contributed by atoms with Crippen LogP contribution >= 0.6 is 0 Å².